The molecule has 1 aliphatic rings. The van der Waals surface area contributed by atoms with E-state index in [1.54, 1.807) is 0 Å². The molecule has 1 aromatic carbocycles. The smallest absolute Gasteiger partial charge is 0.336 e. The lowest BCUT2D eigenvalue weighted by Crippen LogP contribution is -2.56. The van der Waals surface area contributed by atoms with Crippen LogP contribution in [0.25, 0.3) is 10.9 Å². The van der Waals surface area contributed by atoms with Crippen LogP contribution < -0.4 is 4.90 Å². The molecule has 0 amide bonds. The van der Waals surface area contributed by atoms with E-state index in [-0.39, 0.29) is 17.7 Å². The van der Waals surface area contributed by atoms with Crippen molar-refractivity contribution >= 4 is 22.6 Å². The lowest BCUT2D eigenvalue weighted by atomic mass is 9.83. The number of hydrogen-bond acceptors (Lipinski definition) is 3. The number of fused-ring (bicyclic) bond motifs is 1. The molecule has 0 unspecified atom stereocenters. The third-order valence-electron chi connectivity index (χ3n) is 3.79. The van der Waals surface area contributed by atoms with Crippen LogP contribution in [0.1, 0.15) is 17.3 Å². The van der Waals surface area contributed by atoms with Gasteiger partial charge in [0.25, 0.3) is 0 Å². The Hall–Kier alpha value is -2.17. The molecule has 0 saturated carbocycles. The number of halogens is 1. The van der Waals surface area contributed by atoms with Gasteiger partial charge >= 0.3 is 5.97 Å². The maximum Gasteiger partial charge on any atom is 0.336 e. The highest BCUT2D eigenvalue weighted by atomic mass is 19.1. The molecule has 0 bridgehead atoms. The van der Waals surface area contributed by atoms with Gasteiger partial charge in [-0.2, -0.15) is 0 Å². The van der Waals surface area contributed by atoms with Gasteiger partial charge < -0.3 is 10.0 Å². The summed E-state index contributed by atoms with van der Waals surface area (Å²) in [5, 5.41) is 9.83. The van der Waals surface area contributed by atoms with Crippen LogP contribution >= 0.6 is 0 Å². The lowest BCUT2D eigenvalue weighted by molar-refractivity contribution is 0.0699. The molecule has 1 aromatic heterocycles. The Balaban J connectivity index is 1.99. The summed E-state index contributed by atoms with van der Waals surface area (Å²) in [6, 6.07) is 7.03. The summed E-state index contributed by atoms with van der Waals surface area (Å²) >= 11 is 0. The van der Waals surface area contributed by atoms with Crippen LogP contribution in [-0.2, 0) is 0 Å². The van der Waals surface area contributed by atoms with Gasteiger partial charge in [-0.3, -0.25) is 9.37 Å². The summed E-state index contributed by atoms with van der Waals surface area (Å²) in [7, 11) is 0. The molecule has 1 aliphatic heterocycles. The summed E-state index contributed by atoms with van der Waals surface area (Å²) in [6.07, 6.45) is 1.50. The highest BCUT2D eigenvalue weighted by Gasteiger charge is 2.38. The highest BCUT2D eigenvalue weighted by Crippen LogP contribution is 2.35. The van der Waals surface area contributed by atoms with Crippen molar-refractivity contribution in [1.29, 1.82) is 0 Å². The molecule has 0 atom stereocenters. The Morgan fingerprint density at radius 1 is 1.45 bits per heavy atom. The van der Waals surface area contributed by atoms with Crippen LogP contribution in [-0.4, -0.2) is 35.8 Å². The van der Waals surface area contributed by atoms with Crippen molar-refractivity contribution in [1.82, 2.24) is 4.98 Å². The molecule has 0 spiro atoms. The number of carbonyl (C=O) groups is 1. The van der Waals surface area contributed by atoms with E-state index in [0.29, 0.717) is 24.0 Å². The van der Waals surface area contributed by atoms with Crippen LogP contribution in [0.3, 0.4) is 0 Å². The minimum Gasteiger partial charge on any atom is -0.478 e. The summed E-state index contributed by atoms with van der Waals surface area (Å²) in [6.45, 7) is 2.88. The number of nitrogens with zero attached hydrogens (tertiary/aromatic N) is 2. The second-order valence-electron chi connectivity index (χ2n) is 5.67. The van der Waals surface area contributed by atoms with E-state index in [9.17, 15) is 14.3 Å². The van der Waals surface area contributed by atoms with Crippen molar-refractivity contribution in [3.8, 4) is 0 Å². The Morgan fingerprint density at radius 3 is 2.85 bits per heavy atom. The zero-order valence-electron chi connectivity index (χ0n) is 11.1. The molecule has 20 heavy (non-hydrogen) atoms. The molecule has 1 fully saturated rings. The Kier molecular flexibility index (Phi) is 2.85. The number of pyridine rings is 1. The van der Waals surface area contributed by atoms with Gasteiger partial charge in [0.1, 0.15) is 0 Å². The van der Waals surface area contributed by atoms with Crippen molar-refractivity contribution < 1.29 is 14.3 Å². The average Bonchev–Trinajstić information content (AvgIpc) is 2.42. The first-order chi connectivity index (χ1) is 9.52. The number of benzene rings is 1. The number of carboxylic acids is 1. The maximum absolute atomic E-state index is 12.8. The van der Waals surface area contributed by atoms with Crippen LogP contribution in [0.15, 0.2) is 30.5 Å². The van der Waals surface area contributed by atoms with Crippen molar-refractivity contribution in [3.63, 3.8) is 0 Å². The van der Waals surface area contributed by atoms with Crippen molar-refractivity contribution in [2.45, 2.75) is 6.92 Å². The number of aromatic nitrogens is 1. The van der Waals surface area contributed by atoms with Gasteiger partial charge in [0.05, 0.1) is 17.8 Å². The number of hydrogen-bond donors (Lipinski definition) is 1. The Labute approximate surface area is 115 Å². The van der Waals surface area contributed by atoms with Gasteiger partial charge in [-0.1, -0.05) is 6.92 Å². The molecule has 2 aromatic rings. The van der Waals surface area contributed by atoms with E-state index in [0.717, 1.165) is 5.69 Å². The minimum absolute atomic E-state index is 0.241. The quantitative estimate of drug-likeness (QED) is 0.935. The van der Waals surface area contributed by atoms with E-state index in [2.05, 4.69) is 9.88 Å². The van der Waals surface area contributed by atoms with E-state index in [4.69, 9.17) is 0 Å². The number of rotatable bonds is 3. The fraction of sp³-hybridized carbons (Fsp3) is 0.333. The normalized spacial score (nSPS) is 17.0. The summed E-state index contributed by atoms with van der Waals surface area (Å²) in [4.78, 5) is 17.5. The number of aromatic carboxylic acids is 1. The second kappa shape index (κ2) is 4.44. The van der Waals surface area contributed by atoms with Gasteiger partial charge in [-0.05, 0) is 24.3 Å². The van der Waals surface area contributed by atoms with Crippen LogP contribution in [0.4, 0.5) is 10.1 Å². The predicted molar refractivity (Wildman–Crippen MR) is 75.0 cm³/mol. The largest absolute Gasteiger partial charge is 0.478 e. The number of anilines is 1. The van der Waals surface area contributed by atoms with E-state index in [1.165, 1.54) is 12.3 Å². The summed E-state index contributed by atoms with van der Waals surface area (Å²) in [5.74, 6) is -0.966. The molecular weight excluding hydrogens is 259 g/mol. The average molecular weight is 274 g/mol. The fourth-order valence-electron chi connectivity index (χ4n) is 2.66. The van der Waals surface area contributed by atoms with E-state index >= 15 is 0 Å². The SMILES string of the molecule is CC1(CF)CN(c2ccc3nccc(C(=O)O)c3c2)C1. The standard InChI is InChI=1S/C15H15FN2O2/c1-15(7-16)8-18(9-15)10-2-3-13-12(6-10)11(14(19)20)4-5-17-13/h2-6H,7-9H2,1H3,(H,19,20). The second-order valence-corrected chi connectivity index (χ2v) is 5.67. The molecule has 2 heterocycles. The van der Waals surface area contributed by atoms with Gasteiger partial charge in [-0.25, -0.2) is 4.79 Å². The van der Waals surface area contributed by atoms with E-state index < -0.39 is 5.97 Å². The maximum atomic E-state index is 12.8. The molecular formula is C15H15FN2O2. The van der Waals surface area contributed by atoms with Gasteiger partial charge in [0, 0.05) is 35.8 Å². The molecule has 4 nitrogen and oxygen atoms in total. The third-order valence-corrected chi connectivity index (χ3v) is 3.79. The van der Waals surface area contributed by atoms with E-state index in [1.807, 2.05) is 25.1 Å². The number of alkyl halides is 1. The zero-order chi connectivity index (χ0) is 14.3. The molecule has 3 rings (SSSR count). The van der Waals surface area contributed by atoms with Crippen LogP contribution in [0.2, 0.25) is 0 Å². The molecule has 0 aliphatic carbocycles. The topological polar surface area (TPSA) is 53.4 Å². The van der Waals surface area contributed by atoms with Gasteiger partial charge in [0.2, 0.25) is 0 Å². The third kappa shape index (κ3) is 1.99. The Bertz CT molecular complexity index is 681. The Morgan fingerprint density at radius 2 is 2.20 bits per heavy atom. The first kappa shape index (κ1) is 12.8. The molecule has 0 radical (unpaired) electrons. The van der Waals surface area contributed by atoms with Crippen LogP contribution in [0, 0.1) is 5.41 Å². The van der Waals surface area contributed by atoms with Crippen LogP contribution in [0.5, 0.6) is 0 Å². The monoisotopic (exact) mass is 274 g/mol. The van der Waals surface area contributed by atoms with Crippen molar-refractivity contribution in [2.75, 3.05) is 24.7 Å². The first-order valence-corrected chi connectivity index (χ1v) is 6.45. The number of carboxylic acid groups (broad SMARTS) is 1. The molecule has 1 saturated heterocycles. The first-order valence-electron chi connectivity index (χ1n) is 6.45. The van der Waals surface area contributed by atoms with Gasteiger partial charge in [0.15, 0.2) is 0 Å². The lowest BCUT2D eigenvalue weighted by Gasteiger charge is -2.48. The predicted octanol–water partition coefficient (Wildman–Crippen LogP) is 2.73. The molecule has 104 valence electrons. The summed E-state index contributed by atoms with van der Waals surface area (Å²) in [5.41, 5.74) is 1.53. The molecule has 1 N–H and O–H groups in total. The minimum atomic E-state index is -0.966. The molecule has 5 heteroatoms. The highest BCUT2D eigenvalue weighted by molar-refractivity contribution is 6.03. The fourth-order valence-corrected chi connectivity index (χ4v) is 2.66. The van der Waals surface area contributed by atoms with Crippen molar-refractivity contribution in [3.05, 3.63) is 36.0 Å². The summed E-state index contributed by atoms with van der Waals surface area (Å²) < 4.78 is 12.8. The van der Waals surface area contributed by atoms with Gasteiger partial charge in [-0.15, -0.1) is 0 Å². The van der Waals surface area contributed by atoms with Crippen molar-refractivity contribution in [2.24, 2.45) is 5.41 Å². The zero-order valence-corrected chi connectivity index (χ0v) is 11.1.